The van der Waals surface area contributed by atoms with Crippen LogP contribution in [0.1, 0.15) is 0 Å². The lowest BCUT2D eigenvalue weighted by molar-refractivity contribution is -0.736. The Morgan fingerprint density at radius 2 is 2.15 bits per heavy atom. The molecule has 1 aromatic carbocycles. The predicted octanol–water partition coefficient (Wildman–Crippen LogP) is -0.662. The number of benzene rings is 1. The Bertz CT molecular complexity index is 315. The van der Waals surface area contributed by atoms with Gasteiger partial charge in [-0.2, -0.15) is 0 Å². The summed E-state index contributed by atoms with van der Waals surface area (Å²) < 4.78 is 0. The van der Waals surface area contributed by atoms with E-state index in [0.29, 0.717) is 0 Å². The lowest BCUT2D eigenvalue weighted by Crippen LogP contribution is -2.29. The molecule has 0 bridgehead atoms. The van der Waals surface area contributed by atoms with Crippen molar-refractivity contribution in [2.75, 3.05) is 7.11 Å². The Balaban J connectivity index is 2.98. The molecule has 0 aliphatic carbocycles. The molecule has 0 unspecified atom stereocenters. The maximum atomic E-state index is 10.9. The Morgan fingerprint density at radius 3 is 2.69 bits per heavy atom. The SMILES string of the molecule is CO[N+](=O)c1cccc(B(O)O)c1. The Kier molecular flexibility index (Phi) is 3.00. The van der Waals surface area contributed by atoms with Crippen molar-refractivity contribution in [3.63, 3.8) is 0 Å². The van der Waals surface area contributed by atoms with Crippen LogP contribution in [0.3, 0.4) is 0 Å². The maximum absolute atomic E-state index is 10.9. The highest BCUT2D eigenvalue weighted by molar-refractivity contribution is 6.58. The minimum atomic E-state index is -1.58. The summed E-state index contributed by atoms with van der Waals surface area (Å²) in [7, 11) is -0.347. The second-order valence-corrected chi connectivity index (χ2v) is 2.41. The molecular weight excluding hydrogens is 173 g/mol. The molecule has 13 heavy (non-hydrogen) atoms. The normalized spacial score (nSPS) is 9.46. The molecule has 0 aliphatic rings. The Labute approximate surface area is 75.2 Å². The van der Waals surface area contributed by atoms with Crippen LogP contribution in [-0.2, 0) is 4.84 Å². The molecule has 0 saturated heterocycles. The largest absolute Gasteiger partial charge is 0.488 e. The van der Waals surface area contributed by atoms with Gasteiger partial charge in [0, 0.05) is 12.1 Å². The molecule has 0 amide bonds. The van der Waals surface area contributed by atoms with E-state index >= 15 is 0 Å². The average Bonchev–Trinajstić information content (AvgIpc) is 2.17. The van der Waals surface area contributed by atoms with E-state index in [4.69, 9.17) is 10.0 Å². The summed E-state index contributed by atoms with van der Waals surface area (Å²) >= 11 is 0. The van der Waals surface area contributed by atoms with Crippen LogP contribution in [0.4, 0.5) is 5.69 Å². The molecule has 0 heterocycles. The molecule has 1 rings (SSSR count). The zero-order valence-corrected chi connectivity index (χ0v) is 7.04. The van der Waals surface area contributed by atoms with Crippen molar-refractivity contribution >= 4 is 18.3 Å². The minimum absolute atomic E-state index is 0.216. The molecule has 68 valence electrons. The van der Waals surface area contributed by atoms with E-state index in [1.807, 2.05) is 0 Å². The van der Waals surface area contributed by atoms with E-state index < -0.39 is 7.12 Å². The van der Waals surface area contributed by atoms with Crippen molar-refractivity contribution in [3.8, 4) is 0 Å². The van der Waals surface area contributed by atoms with Crippen molar-refractivity contribution in [3.05, 3.63) is 29.2 Å². The van der Waals surface area contributed by atoms with Gasteiger partial charge in [0.1, 0.15) is 0 Å². The second-order valence-electron chi connectivity index (χ2n) is 2.41. The van der Waals surface area contributed by atoms with Gasteiger partial charge in [0.05, 0.1) is 4.91 Å². The minimum Gasteiger partial charge on any atom is -0.423 e. The first-order valence-electron chi connectivity index (χ1n) is 3.62. The molecule has 0 aromatic heterocycles. The summed E-state index contributed by atoms with van der Waals surface area (Å²) in [6.07, 6.45) is 0. The molecule has 0 aliphatic heterocycles. The molecule has 2 N–H and O–H groups in total. The molecule has 0 saturated carbocycles. The molecule has 0 atom stereocenters. The highest BCUT2D eigenvalue weighted by atomic mass is 16.8. The predicted molar refractivity (Wildman–Crippen MR) is 46.6 cm³/mol. The highest BCUT2D eigenvalue weighted by Crippen LogP contribution is 2.07. The number of hydrogen-bond donors (Lipinski definition) is 2. The molecular formula is C7H9BNO4+. The smallest absolute Gasteiger partial charge is 0.423 e. The molecule has 0 radical (unpaired) electrons. The highest BCUT2D eigenvalue weighted by Gasteiger charge is 2.18. The number of hydrogen-bond acceptors (Lipinski definition) is 4. The first-order chi connectivity index (χ1) is 6.15. The van der Waals surface area contributed by atoms with E-state index in [2.05, 4.69) is 4.84 Å². The summed E-state index contributed by atoms with van der Waals surface area (Å²) in [6.45, 7) is 0. The monoisotopic (exact) mass is 182 g/mol. The first-order valence-corrected chi connectivity index (χ1v) is 3.62. The molecule has 0 fully saturated rings. The van der Waals surface area contributed by atoms with Crippen LogP contribution in [0, 0.1) is 4.91 Å². The Hall–Kier alpha value is -1.40. The van der Waals surface area contributed by atoms with Crippen LogP contribution < -0.4 is 5.46 Å². The van der Waals surface area contributed by atoms with Crippen molar-refractivity contribution in [2.45, 2.75) is 0 Å². The fourth-order valence-electron chi connectivity index (χ4n) is 0.904. The summed E-state index contributed by atoms with van der Waals surface area (Å²) in [5.41, 5.74) is 0.462. The van der Waals surface area contributed by atoms with Gasteiger partial charge >= 0.3 is 12.8 Å². The standard InChI is InChI=1S/C7H9BNO4/c1-13-9(12)7-4-2-3-6(5-7)8(10)11/h2-5,10-11H,1H3/q+1. The van der Waals surface area contributed by atoms with Crippen molar-refractivity contribution < 1.29 is 19.8 Å². The van der Waals surface area contributed by atoms with Gasteiger partial charge in [0.25, 0.3) is 4.92 Å². The summed E-state index contributed by atoms with van der Waals surface area (Å²) in [6, 6.07) is 5.87. The van der Waals surface area contributed by atoms with E-state index in [-0.39, 0.29) is 16.1 Å². The van der Waals surface area contributed by atoms with E-state index in [0.717, 1.165) is 0 Å². The number of rotatable bonds is 3. The zero-order chi connectivity index (χ0) is 9.84. The molecule has 6 heteroatoms. The fraction of sp³-hybridized carbons (Fsp3) is 0.143. The number of nitrogens with zero attached hydrogens (tertiary/aromatic N) is 1. The maximum Gasteiger partial charge on any atom is 0.488 e. The van der Waals surface area contributed by atoms with Crippen LogP contribution in [-0.4, -0.2) is 29.2 Å². The van der Waals surface area contributed by atoms with Gasteiger partial charge in [0.2, 0.25) is 0 Å². The van der Waals surface area contributed by atoms with Crippen LogP contribution in [0.15, 0.2) is 24.3 Å². The van der Waals surface area contributed by atoms with Crippen molar-refractivity contribution in [2.24, 2.45) is 0 Å². The van der Waals surface area contributed by atoms with Crippen LogP contribution in [0.25, 0.3) is 0 Å². The van der Waals surface area contributed by atoms with E-state index in [9.17, 15) is 4.91 Å². The van der Waals surface area contributed by atoms with Gasteiger partial charge in [-0.3, -0.25) is 0 Å². The molecule has 0 spiro atoms. The topological polar surface area (TPSA) is 69.8 Å². The van der Waals surface area contributed by atoms with Gasteiger partial charge in [-0.15, -0.1) is 0 Å². The van der Waals surface area contributed by atoms with Gasteiger partial charge in [-0.25, -0.2) is 4.84 Å². The first kappa shape index (κ1) is 9.69. The summed E-state index contributed by atoms with van der Waals surface area (Å²) in [5, 5.41) is 17.6. The van der Waals surface area contributed by atoms with Gasteiger partial charge in [-0.05, 0) is 5.46 Å². The third-order valence-electron chi connectivity index (χ3n) is 1.54. The molecule has 1 aromatic rings. The third-order valence-corrected chi connectivity index (χ3v) is 1.54. The van der Waals surface area contributed by atoms with Crippen LogP contribution >= 0.6 is 0 Å². The van der Waals surface area contributed by atoms with Crippen molar-refractivity contribution in [1.29, 1.82) is 0 Å². The summed E-state index contributed by atoms with van der Waals surface area (Å²) in [4.78, 5) is 15.6. The zero-order valence-electron chi connectivity index (χ0n) is 7.04. The molecule has 5 nitrogen and oxygen atoms in total. The van der Waals surface area contributed by atoms with E-state index in [1.165, 1.54) is 31.4 Å². The second kappa shape index (κ2) is 4.02. The lowest BCUT2D eigenvalue weighted by Gasteiger charge is -1.96. The van der Waals surface area contributed by atoms with Gasteiger partial charge < -0.3 is 10.0 Å². The Morgan fingerprint density at radius 1 is 1.46 bits per heavy atom. The summed E-state index contributed by atoms with van der Waals surface area (Å²) in [5.74, 6) is 0. The van der Waals surface area contributed by atoms with Crippen molar-refractivity contribution in [1.82, 2.24) is 0 Å². The lowest BCUT2D eigenvalue weighted by atomic mass is 9.80. The van der Waals surface area contributed by atoms with Gasteiger partial charge in [-0.1, -0.05) is 12.1 Å². The van der Waals surface area contributed by atoms with E-state index in [1.54, 1.807) is 0 Å². The van der Waals surface area contributed by atoms with Crippen LogP contribution in [0.5, 0.6) is 0 Å². The average molecular weight is 182 g/mol. The fourth-order valence-corrected chi connectivity index (χ4v) is 0.904. The van der Waals surface area contributed by atoms with Gasteiger partial charge in [0.15, 0.2) is 7.11 Å². The van der Waals surface area contributed by atoms with Crippen LogP contribution in [0.2, 0.25) is 0 Å². The quantitative estimate of drug-likeness (QED) is 0.480. The third kappa shape index (κ3) is 2.27.